The minimum absolute atomic E-state index is 0.0299. The summed E-state index contributed by atoms with van der Waals surface area (Å²) in [5.41, 5.74) is 5.58. The van der Waals surface area contributed by atoms with E-state index in [9.17, 15) is 26.4 Å². The molecular formula is C22H19F4N7O3S. The minimum atomic E-state index is -4.63. The summed E-state index contributed by atoms with van der Waals surface area (Å²) in [5.74, 6) is -1.56. The Kier molecular flexibility index (Phi) is 5.79. The van der Waals surface area contributed by atoms with Crippen LogP contribution in [0.2, 0.25) is 0 Å². The van der Waals surface area contributed by atoms with Gasteiger partial charge in [0.2, 0.25) is 10.0 Å². The molecule has 2 N–H and O–H groups in total. The smallest absolute Gasteiger partial charge is 0.382 e. The second-order valence-electron chi connectivity index (χ2n) is 8.57. The molecule has 1 fully saturated rings. The van der Waals surface area contributed by atoms with Crippen molar-refractivity contribution in [1.82, 2.24) is 28.6 Å². The van der Waals surface area contributed by atoms with Gasteiger partial charge in [0.1, 0.15) is 17.2 Å². The number of amides is 1. The molecule has 5 rings (SSSR count). The van der Waals surface area contributed by atoms with E-state index >= 15 is 4.39 Å². The van der Waals surface area contributed by atoms with Crippen LogP contribution in [0.3, 0.4) is 0 Å². The second-order valence-corrected chi connectivity index (χ2v) is 10.6. The first kappa shape index (κ1) is 24.8. The molecule has 4 heterocycles. The predicted molar refractivity (Wildman–Crippen MR) is 124 cm³/mol. The van der Waals surface area contributed by atoms with Crippen molar-refractivity contribution in [2.24, 2.45) is 0 Å². The van der Waals surface area contributed by atoms with E-state index in [-0.39, 0.29) is 42.2 Å². The lowest BCUT2D eigenvalue weighted by molar-refractivity contribution is -0.137. The molecule has 1 saturated heterocycles. The number of hydrogen-bond acceptors (Lipinski definition) is 7. The third-order valence-corrected chi connectivity index (χ3v) is 7.49. The van der Waals surface area contributed by atoms with Gasteiger partial charge in [0.25, 0.3) is 5.91 Å². The fourth-order valence-corrected chi connectivity index (χ4v) is 5.17. The number of halogens is 4. The molecule has 1 aliphatic rings. The average molecular weight is 537 g/mol. The molecule has 0 radical (unpaired) electrons. The van der Waals surface area contributed by atoms with Gasteiger partial charge in [-0.1, -0.05) is 0 Å². The van der Waals surface area contributed by atoms with Gasteiger partial charge in [-0.25, -0.2) is 22.8 Å². The number of nitrogen functional groups attached to an aromatic ring is 1. The van der Waals surface area contributed by atoms with E-state index in [1.165, 1.54) is 23.5 Å². The topological polar surface area (TPSA) is 127 Å². The maximum atomic E-state index is 15.2. The summed E-state index contributed by atoms with van der Waals surface area (Å²) in [6, 6.07) is 3.15. The Hall–Kier alpha value is -3.85. The van der Waals surface area contributed by atoms with E-state index in [1.54, 1.807) is 4.40 Å². The molecule has 0 aliphatic carbocycles. The number of hydrogen-bond donors (Lipinski definition) is 1. The van der Waals surface area contributed by atoms with Gasteiger partial charge in [-0.3, -0.25) is 14.2 Å². The number of imidazole rings is 1. The van der Waals surface area contributed by atoms with E-state index in [0.717, 1.165) is 28.8 Å². The first-order valence-electron chi connectivity index (χ1n) is 10.8. The Morgan fingerprint density at radius 1 is 1.14 bits per heavy atom. The van der Waals surface area contributed by atoms with Crippen LogP contribution in [0.25, 0.3) is 16.6 Å². The monoisotopic (exact) mass is 537 g/mol. The molecule has 1 aromatic carbocycles. The average Bonchev–Trinajstić information content (AvgIpc) is 3.33. The second kappa shape index (κ2) is 8.62. The van der Waals surface area contributed by atoms with Gasteiger partial charge in [0.15, 0.2) is 0 Å². The third kappa shape index (κ3) is 4.44. The number of carbonyl (C=O) groups is 1. The zero-order chi connectivity index (χ0) is 26.7. The van der Waals surface area contributed by atoms with Crippen LogP contribution in [-0.4, -0.2) is 68.8 Å². The number of pyridine rings is 1. The van der Waals surface area contributed by atoms with Crippen LogP contribution in [0.15, 0.2) is 43.0 Å². The number of benzene rings is 1. The van der Waals surface area contributed by atoms with Crippen molar-refractivity contribution >= 4 is 38.3 Å². The van der Waals surface area contributed by atoms with E-state index in [4.69, 9.17) is 5.73 Å². The Bertz CT molecular complexity index is 1640. The molecule has 10 nitrogen and oxygen atoms in total. The Morgan fingerprint density at radius 3 is 2.54 bits per heavy atom. The highest BCUT2D eigenvalue weighted by molar-refractivity contribution is 7.88. The summed E-state index contributed by atoms with van der Waals surface area (Å²) < 4.78 is 81.3. The molecule has 0 bridgehead atoms. The van der Waals surface area contributed by atoms with Crippen LogP contribution in [0.5, 0.6) is 0 Å². The van der Waals surface area contributed by atoms with Crippen molar-refractivity contribution in [2.75, 3.05) is 31.6 Å². The SMILES string of the molecule is CS(=O)(=O)N1CCN(C(=O)c2cc3c(cc2F)nc(N)c2cncn23)C(c2ccc(C(F)(F)F)cn2)C1. The number of anilines is 1. The van der Waals surface area contributed by atoms with Crippen molar-refractivity contribution in [1.29, 1.82) is 0 Å². The zero-order valence-corrected chi connectivity index (χ0v) is 20.0. The summed E-state index contributed by atoms with van der Waals surface area (Å²) in [6.45, 7) is -0.486. The van der Waals surface area contributed by atoms with Crippen molar-refractivity contribution < 1.29 is 30.8 Å². The fourth-order valence-electron chi connectivity index (χ4n) is 4.34. The van der Waals surface area contributed by atoms with Gasteiger partial charge >= 0.3 is 6.18 Å². The van der Waals surface area contributed by atoms with Gasteiger partial charge in [-0.15, -0.1) is 0 Å². The summed E-state index contributed by atoms with van der Waals surface area (Å²) in [5, 5.41) is 0. The van der Waals surface area contributed by atoms with Crippen molar-refractivity contribution in [3.63, 3.8) is 0 Å². The standard InChI is InChI=1S/C22H19F4N7O3S/c1-37(35,36)31-4-5-32(19(10-31)15-3-2-12(8-29-15)22(24,25)26)21(34)13-6-17-16(7-14(13)23)30-20(27)18-9-28-11-33(17)18/h2-3,6-9,11,19H,4-5,10H2,1H3,(H2,27,30). The molecule has 1 unspecified atom stereocenters. The van der Waals surface area contributed by atoms with Gasteiger partial charge in [-0.2, -0.15) is 17.5 Å². The number of nitrogens with two attached hydrogens (primary N) is 1. The maximum Gasteiger partial charge on any atom is 0.417 e. The van der Waals surface area contributed by atoms with Gasteiger partial charge in [0, 0.05) is 31.9 Å². The summed E-state index contributed by atoms with van der Waals surface area (Å²) >= 11 is 0. The Balaban J connectivity index is 1.58. The van der Waals surface area contributed by atoms with Crippen LogP contribution in [0.4, 0.5) is 23.4 Å². The van der Waals surface area contributed by atoms with E-state index in [0.29, 0.717) is 17.2 Å². The number of alkyl halides is 3. The molecule has 194 valence electrons. The number of nitrogens with zero attached hydrogens (tertiary/aromatic N) is 6. The molecule has 0 saturated carbocycles. The highest BCUT2D eigenvalue weighted by Crippen LogP contribution is 2.32. The van der Waals surface area contributed by atoms with Crippen LogP contribution >= 0.6 is 0 Å². The van der Waals surface area contributed by atoms with E-state index in [2.05, 4.69) is 15.0 Å². The predicted octanol–water partition coefficient (Wildman–Crippen LogP) is 2.48. The van der Waals surface area contributed by atoms with Crippen molar-refractivity contribution in [3.05, 3.63) is 65.6 Å². The quantitative estimate of drug-likeness (QED) is 0.398. The molecule has 3 aromatic heterocycles. The van der Waals surface area contributed by atoms with Crippen LogP contribution in [0.1, 0.15) is 27.7 Å². The van der Waals surface area contributed by atoms with E-state index in [1.807, 2.05) is 0 Å². The maximum absolute atomic E-state index is 15.2. The molecule has 1 atom stereocenters. The van der Waals surface area contributed by atoms with Crippen LogP contribution in [-0.2, 0) is 16.2 Å². The third-order valence-electron chi connectivity index (χ3n) is 6.22. The first-order valence-corrected chi connectivity index (χ1v) is 12.7. The van der Waals surface area contributed by atoms with Gasteiger partial charge < -0.3 is 10.6 Å². The number of piperazine rings is 1. The molecular weight excluding hydrogens is 518 g/mol. The van der Waals surface area contributed by atoms with Gasteiger partial charge in [0.05, 0.1) is 52.7 Å². The van der Waals surface area contributed by atoms with Crippen molar-refractivity contribution in [3.8, 4) is 0 Å². The normalized spacial score (nSPS) is 17.5. The molecule has 4 aromatic rings. The fraction of sp³-hybridized carbons (Fsp3) is 0.273. The largest absolute Gasteiger partial charge is 0.417 e. The summed E-state index contributed by atoms with van der Waals surface area (Å²) in [6.07, 6.45) is -0.138. The van der Waals surface area contributed by atoms with Crippen molar-refractivity contribution in [2.45, 2.75) is 12.2 Å². The number of sulfonamides is 1. The Labute approximate surface area is 207 Å². The van der Waals surface area contributed by atoms with Gasteiger partial charge in [-0.05, 0) is 18.2 Å². The Morgan fingerprint density at radius 2 is 1.89 bits per heavy atom. The van der Waals surface area contributed by atoms with Crippen LogP contribution < -0.4 is 5.73 Å². The zero-order valence-electron chi connectivity index (χ0n) is 19.1. The molecule has 37 heavy (non-hydrogen) atoms. The highest BCUT2D eigenvalue weighted by atomic mass is 32.2. The van der Waals surface area contributed by atoms with Crippen LogP contribution in [0, 0.1) is 5.82 Å². The van der Waals surface area contributed by atoms with E-state index < -0.39 is 39.5 Å². The summed E-state index contributed by atoms with van der Waals surface area (Å²) in [4.78, 5) is 26.8. The molecule has 1 amide bonds. The molecule has 15 heteroatoms. The molecule has 1 aliphatic heterocycles. The minimum Gasteiger partial charge on any atom is -0.382 e. The number of fused-ring (bicyclic) bond motifs is 3. The first-order chi connectivity index (χ1) is 17.3. The molecule has 0 spiro atoms. The number of aromatic nitrogens is 4. The lowest BCUT2D eigenvalue weighted by atomic mass is 10.0. The summed E-state index contributed by atoms with van der Waals surface area (Å²) in [7, 11) is -3.69. The number of rotatable bonds is 3. The lowest BCUT2D eigenvalue weighted by Gasteiger charge is -2.40. The highest BCUT2D eigenvalue weighted by Gasteiger charge is 2.38. The number of carbonyl (C=O) groups excluding carboxylic acids is 1. The lowest BCUT2D eigenvalue weighted by Crippen LogP contribution is -2.52.